The number of hydrogen-bond donors (Lipinski definition) is 1. The molecule has 0 bridgehead atoms. The summed E-state index contributed by atoms with van der Waals surface area (Å²) < 4.78 is 0. The van der Waals surface area contributed by atoms with Gasteiger partial charge in [0.2, 0.25) is 6.71 Å². The molecule has 188 valence electrons. The van der Waals surface area contributed by atoms with E-state index in [1.54, 1.807) is 0 Å². The van der Waals surface area contributed by atoms with Crippen LogP contribution in [0.1, 0.15) is 87.7 Å². The van der Waals surface area contributed by atoms with E-state index in [2.05, 4.69) is 92.8 Å². The lowest BCUT2D eigenvalue weighted by Gasteiger charge is -2.17. The molecule has 0 aliphatic rings. The van der Waals surface area contributed by atoms with Gasteiger partial charge in [-0.1, -0.05) is 129 Å². The Hall–Kier alpha value is -2.55. The van der Waals surface area contributed by atoms with Crippen LogP contribution in [0.2, 0.25) is 6.32 Å². The quantitative estimate of drug-likeness (QED) is 0.146. The maximum atomic E-state index is 4.46. The van der Waals surface area contributed by atoms with Gasteiger partial charge in [0, 0.05) is 5.69 Å². The van der Waals surface area contributed by atoms with Crippen LogP contribution in [0.3, 0.4) is 0 Å². The highest BCUT2D eigenvalue weighted by atomic mass is 14.9. The summed E-state index contributed by atoms with van der Waals surface area (Å²) in [6.45, 7) is 13.2. The van der Waals surface area contributed by atoms with Gasteiger partial charge in [-0.3, -0.25) is 0 Å². The summed E-state index contributed by atoms with van der Waals surface area (Å²) in [5.74, 6) is 0. The van der Waals surface area contributed by atoms with Crippen LogP contribution in [0.15, 0.2) is 67.5 Å². The van der Waals surface area contributed by atoms with E-state index in [1.165, 1.54) is 91.2 Å². The maximum Gasteiger partial charge on any atom is 0.213 e. The fourth-order valence-corrected chi connectivity index (χ4v) is 4.77. The fraction of sp³-hybridized carbons (Fsp3) is 0.469. The molecular formula is C32H47BN2. The Balaban J connectivity index is 0.000000247. The molecule has 0 saturated carbocycles. The Bertz CT molecular complexity index is 903. The molecule has 0 atom stereocenters. The second-order valence-electron chi connectivity index (χ2n) is 9.74. The average Bonchev–Trinajstić information content (AvgIpc) is 3.32. The van der Waals surface area contributed by atoms with Crippen molar-refractivity contribution in [3.8, 4) is 0 Å². The Morgan fingerprint density at radius 2 is 1.31 bits per heavy atom. The van der Waals surface area contributed by atoms with E-state index in [1.807, 2.05) is 12.4 Å². The van der Waals surface area contributed by atoms with Crippen LogP contribution < -0.4 is 10.9 Å². The van der Waals surface area contributed by atoms with Crippen molar-refractivity contribution in [1.29, 1.82) is 0 Å². The normalized spacial score (nSPS) is 10.5. The van der Waals surface area contributed by atoms with E-state index in [0.717, 1.165) is 12.7 Å². The summed E-state index contributed by atoms with van der Waals surface area (Å²) in [6, 6.07) is 17.3. The molecule has 1 heterocycles. The second kappa shape index (κ2) is 17.0. The second-order valence-corrected chi connectivity index (χ2v) is 9.74. The Morgan fingerprint density at radius 1 is 0.771 bits per heavy atom. The van der Waals surface area contributed by atoms with Gasteiger partial charge in [0.15, 0.2) is 0 Å². The lowest BCUT2D eigenvalue weighted by Crippen LogP contribution is -2.44. The first kappa shape index (κ1) is 28.7. The number of allylic oxidation sites excluding steroid dienone is 1. The van der Waals surface area contributed by atoms with Crippen molar-refractivity contribution < 1.29 is 0 Å². The minimum atomic E-state index is 0.421. The molecule has 0 fully saturated rings. The third kappa shape index (κ3) is 9.92. The van der Waals surface area contributed by atoms with Crippen molar-refractivity contribution in [2.75, 3.05) is 0 Å². The first-order chi connectivity index (χ1) is 17.1. The van der Waals surface area contributed by atoms with Gasteiger partial charge in [-0.2, -0.15) is 0 Å². The molecule has 3 aromatic rings. The van der Waals surface area contributed by atoms with Gasteiger partial charge in [-0.15, -0.1) is 6.58 Å². The van der Waals surface area contributed by atoms with Gasteiger partial charge >= 0.3 is 0 Å². The van der Waals surface area contributed by atoms with Crippen molar-refractivity contribution >= 4 is 17.6 Å². The van der Waals surface area contributed by atoms with Crippen LogP contribution in [-0.2, 0) is 12.8 Å². The number of aryl methyl sites for hydroxylation is 4. The number of H-pyrrole nitrogens is 1. The van der Waals surface area contributed by atoms with Crippen molar-refractivity contribution in [2.45, 2.75) is 98.2 Å². The van der Waals surface area contributed by atoms with E-state index in [4.69, 9.17) is 0 Å². The van der Waals surface area contributed by atoms with Gasteiger partial charge in [0.25, 0.3) is 0 Å². The van der Waals surface area contributed by atoms with Crippen LogP contribution in [0.5, 0.6) is 0 Å². The van der Waals surface area contributed by atoms with Gasteiger partial charge in [0.05, 0.1) is 12.0 Å². The number of aromatic amines is 1. The smallest absolute Gasteiger partial charge is 0.213 e. The number of nitrogens with zero attached hydrogens (tertiary/aromatic N) is 1. The highest BCUT2D eigenvalue weighted by molar-refractivity contribution is 6.86. The summed E-state index contributed by atoms with van der Waals surface area (Å²) >= 11 is 0. The summed E-state index contributed by atoms with van der Waals surface area (Å²) in [5.41, 5.74) is 8.23. The Morgan fingerprint density at radius 3 is 1.83 bits per heavy atom. The summed E-state index contributed by atoms with van der Waals surface area (Å²) in [6.07, 6.45) is 17.8. The molecule has 3 rings (SSSR count). The standard InChI is InChI=1S/C17H19B.C15H28N2/c1-4-13-18(16-11-7-5-9-14(16)2)17-12-8-6-10-15(17)3;1-3-5-7-9-11-14-15(17-13-16-14)12-10-8-6-4-2/h4-12H,1,13H2,2-3H3;13H,3-12H2,1-2H3,(H,16,17). The van der Waals surface area contributed by atoms with Gasteiger partial charge in [-0.05, 0) is 45.9 Å². The predicted octanol–water partition coefficient (Wildman–Crippen LogP) is 7.75. The van der Waals surface area contributed by atoms with Crippen molar-refractivity contribution in [3.63, 3.8) is 0 Å². The van der Waals surface area contributed by atoms with Crippen LogP contribution in [-0.4, -0.2) is 16.7 Å². The summed E-state index contributed by atoms with van der Waals surface area (Å²) in [4.78, 5) is 7.77. The first-order valence-corrected chi connectivity index (χ1v) is 13.8. The van der Waals surface area contributed by atoms with Gasteiger partial charge in [-0.25, -0.2) is 4.98 Å². The zero-order valence-electron chi connectivity index (χ0n) is 22.8. The first-order valence-electron chi connectivity index (χ1n) is 13.8. The van der Waals surface area contributed by atoms with Crippen molar-refractivity contribution in [2.24, 2.45) is 0 Å². The van der Waals surface area contributed by atoms with Crippen LogP contribution >= 0.6 is 0 Å². The van der Waals surface area contributed by atoms with Crippen LogP contribution in [0.25, 0.3) is 0 Å². The molecule has 0 amide bonds. The SMILES string of the molecule is C=CCB(c1ccccc1C)c1ccccc1C.CCCCCCc1nc[nH]c1CCCCCC. The minimum absolute atomic E-state index is 0.421. The van der Waals surface area contributed by atoms with Crippen LogP contribution in [0.4, 0.5) is 0 Å². The third-order valence-electron chi connectivity index (χ3n) is 6.89. The van der Waals surface area contributed by atoms with E-state index in [9.17, 15) is 0 Å². The van der Waals surface area contributed by atoms with E-state index in [-0.39, 0.29) is 0 Å². The van der Waals surface area contributed by atoms with Crippen molar-refractivity contribution in [1.82, 2.24) is 9.97 Å². The average molecular weight is 471 g/mol. The number of aromatic nitrogens is 2. The lowest BCUT2D eigenvalue weighted by molar-refractivity contribution is 0.643. The molecule has 0 radical (unpaired) electrons. The number of nitrogens with one attached hydrogen (secondary N) is 1. The summed E-state index contributed by atoms with van der Waals surface area (Å²) in [7, 11) is 0. The predicted molar refractivity (Wildman–Crippen MR) is 157 cm³/mol. The molecule has 35 heavy (non-hydrogen) atoms. The highest BCUT2D eigenvalue weighted by Crippen LogP contribution is 2.13. The largest absolute Gasteiger partial charge is 0.348 e. The molecule has 3 heteroatoms. The molecule has 1 N–H and O–H groups in total. The van der Waals surface area contributed by atoms with Crippen molar-refractivity contribution in [3.05, 3.63) is 90.0 Å². The van der Waals surface area contributed by atoms with Gasteiger partial charge in [0.1, 0.15) is 0 Å². The van der Waals surface area contributed by atoms with E-state index >= 15 is 0 Å². The number of rotatable bonds is 14. The number of hydrogen-bond acceptors (Lipinski definition) is 1. The molecule has 0 spiro atoms. The monoisotopic (exact) mass is 470 g/mol. The third-order valence-corrected chi connectivity index (χ3v) is 6.89. The molecule has 2 nitrogen and oxygen atoms in total. The van der Waals surface area contributed by atoms with Gasteiger partial charge < -0.3 is 4.98 Å². The molecule has 0 aliphatic carbocycles. The van der Waals surface area contributed by atoms with Crippen LogP contribution in [0, 0.1) is 13.8 Å². The van der Waals surface area contributed by atoms with E-state index < -0.39 is 0 Å². The zero-order chi connectivity index (χ0) is 25.3. The number of benzene rings is 2. The van der Waals surface area contributed by atoms with E-state index in [0.29, 0.717) is 6.71 Å². The topological polar surface area (TPSA) is 28.7 Å². The highest BCUT2D eigenvalue weighted by Gasteiger charge is 2.20. The Labute approximate surface area is 215 Å². The fourth-order valence-electron chi connectivity index (χ4n) is 4.77. The number of imidazole rings is 1. The molecule has 1 aromatic heterocycles. The lowest BCUT2D eigenvalue weighted by atomic mass is 9.37. The molecule has 2 aromatic carbocycles. The summed E-state index contributed by atoms with van der Waals surface area (Å²) in [5, 5.41) is 0. The molecule has 0 aliphatic heterocycles. The molecular weight excluding hydrogens is 423 g/mol. The number of unbranched alkanes of at least 4 members (excludes halogenated alkanes) is 6. The molecule has 0 saturated heterocycles. The maximum absolute atomic E-state index is 4.46. The molecule has 0 unspecified atom stereocenters. The Kier molecular flexibility index (Phi) is 13.9. The minimum Gasteiger partial charge on any atom is -0.348 e. The zero-order valence-corrected chi connectivity index (χ0v) is 22.8.